The van der Waals surface area contributed by atoms with Gasteiger partial charge in [0.1, 0.15) is 5.75 Å². The van der Waals surface area contributed by atoms with E-state index in [1.54, 1.807) is 12.1 Å². The normalized spacial score (nSPS) is 15.2. The van der Waals surface area contributed by atoms with Crippen LogP contribution in [0.1, 0.15) is 54.4 Å². The predicted octanol–water partition coefficient (Wildman–Crippen LogP) is 3.71. The predicted molar refractivity (Wildman–Crippen MR) is 109 cm³/mol. The van der Waals surface area contributed by atoms with Crippen LogP contribution < -0.4 is 5.73 Å². The van der Waals surface area contributed by atoms with Gasteiger partial charge in [0.15, 0.2) is 0 Å². The minimum absolute atomic E-state index is 0.198. The molecule has 0 unspecified atom stereocenters. The van der Waals surface area contributed by atoms with Crippen molar-refractivity contribution in [1.82, 2.24) is 9.47 Å². The number of phenols is 1. The van der Waals surface area contributed by atoms with Crippen molar-refractivity contribution in [2.45, 2.75) is 52.5 Å². The first-order valence-electron chi connectivity index (χ1n) is 10.1. The van der Waals surface area contributed by atoms with Gasteiger partial charge < -0.3 is 20.3 Å². The van der Waals surface area contributed by atoms with Gasteiger partial charge in [-0.15, -0.1) is 0 Å². The van der Waals surface area contributed by atoms with Gasteiger partial charge in [-0.2, -0.15) is 0 Å². The molecule has 5 heteroatoms. The number of likely N-dealkylation sites (tertiary alicyclic amines) is 1. The van der Waals surface area contributed by atoms with Crippen molar-refractivity contribution in [3.05, 3.63) is 41.2 Å². The van der Waals surface area contributed by atoms with Crippen LogP contribution in [0.5, 0.6) is 5.75 Å². The van der Waals surface area contributed by atoms with E-state index in [1.165, 1.54) is 19.3 Å². The van der Waals surface area contributed by atoms with Crippen LogP contribution in [0.4, 0.5) is 0 Å². The average Bonchev–Trinajstić information content (AvgIpc) is 2.93. The third-order valence-electron chi connectivity index (χ3n) is 5.59. The lowest BCUT2D eigenvalue weighted by Gasteiger charge is -2.27. The van der Waals surface area contributed by atoms with Gasteiger partial charge in [-0.05, 0) is 57.0 Å². The van der Waals surface area contributed by atoms with Crippen LogP contribution in [0.15, 0.2) is 24.3 Å². The molecule has 2 heterocycles. The van der Waals surface area contributed by atoms with Crippen LogP contribution >= 0.6 is 0 Å². The summed E-state index contributed by atoms with van der Waals surface area (Å²) in [6.07, 6.45) is 5.73. The van der Waals surface area contributed by atoms with Crippen molar-refractivity contribution in [1.29, 1.82) is 0 Å². The summed E-state index contributed by atoms with van der Waals surface area (Å²) >= 11 is 0. The molecular weight excluding hydrogens is 338 g/mol. The lowest BCUT2D eigenvalue weighted by atomic mass is 9.98. The highest BCUT2D eigenvalue weighted by Gasteiger charge is 2.25. The second-order valence-electron chi connectivity index (χ2n) is 7.50. The Kier molecular flexibility index (Phi) is 6.22. The van der Waals surface area contributed by atoms with Gasteiger partial charge >= 0.3 is 0 Å². The Balaban J connectivity index is 2.04. The van der Waals surface area contributed by atoms with Crippen LogP contribution in [0.2, 0.25) is 0 Å². The fourth-order valence-corrected chi connectivity index (χ4v) is 4.30. The molecule has 1 aromatic carbocycles. The number of aromatic nitrogens is 1. The Bertz CT molecular complexity index is 804. The summed E-state index contributed by atoms with van der Waals surface area (Å²) in [7, 11) is 0. The molecule has 1 aromatic heterocycles. The summed E-state index contributed by atoms with van der Waals surface area (Å²) in [6.45, 7) is 8.30. The van der Waals surface area contributed by atoms with Crippen LogP contribution in [0.25, 0.3) is 11.1 Å². The summed E-state index contributed by atoms with van der Waals surface area (Å²) < 4.78 is 2.28. The fraction of sp³-hybridized carbons (Fsp3) is 0.500. The van der Waals surface area contributed by atoms with E-state index in [0.717, 1.165) is 61.5 Å². The smallest absolute Gasteiger partial charge is 0.251 e. The van der Waals surface area contributed by atoms with Gasteiger partial charge in [0, 0.05) is 30.0 Å². The summed E-state index contributed by atoms with van der Waals surface area (Å²) in [4.78, 5) is 14.8. The first-order chi connectivity index (χ1) is 13.0. The lowest BCUT2D eigenvalue weighted by Crippen LogP contribution is -2.33. The maximum atomic E-state index is 12.3. The zero-order chi connectivity index (χ0) is 19.4. The standard InChI is InChI=1S/C22H31N3O2/c1-3-8-19-21(17-9-7-10-18(26)15-17)20(22(23)27)16(2)25(19)14-13-24-11-5-4-6-12-24/h7,9-10,15,26H,3-6,8,11-14H2,1-2H3,(H2,23,27). The van der Waals surface area contributed by atoms with Crippen molar-refractivity contribution in [3.8, 4) is 16.9 Å². The van der Waals surface area contributed by atoms with E-state index in [2.05, 4.69) is 16.4 Å². The van der Waals surface area contributed by atoms with Crippen molar-refractivity contribution >= 4 is 5.91 Å². The van der Waals surface area contributed by atoms with E-state index in [1.807, 2.05) is 19.1 Å². The zero-order valence-electron chi connectivity index (χ0n) is 16.5. The second-order valence-corrected chi connectivity index (χ2v) is 7.50. The third-order valence-corrected chi connectivity index (χ3v) is 5.59. The van der Waals surface area contributed by atoms with Crippen molar-refractivity contribution in [2.75, 3.05) is 19.6 Å². The summed E-state index contributed by atoms with van der Waals surface area (Å²) in [6, 6.07) is 7.11. The molecule has 3 rings (SSSR count). The number of nitrogens with zero attached hydrogens (tertiary/aromatic N) is 2. The summed E-state index contributed by atoms with van der Waals surface area (Å²) in [5, 5.41) is 9.94. The monoisotopic (exact) mass is 369 g/mol. The number of hydrogen-bond donors (Lipinski definition) is 2. The molecule has 0 aliphatic carbocycles. The number of rotatable bonds is 7. The molecule has 1 aliphatic rings. The number of phenolic OH excluding ortho intramolecular Hbond substituents is 1. The summed E-state index contributed by atoms with van der Waals surface area (Å²) in [5.74, 6) is -0.205. The van der Waals surface area contributed by atoms with Gasteiger partial charge in [0.05, 0.1) is 5.56 Å². The van der Waals surface area contributed by atoms with Crippen LogP contribution in [0, 0.1) is 6.92 Å². The highest BCUT2D eigenvalue weighted by Crippen LogP contribution is 2.35. The number of benzene rings is 1. The molecule has 3 N–H and O–H groups in total. The number of carbonyl (C=O) groups excluding carboxylic acids is 1. The number of piperidine rings is 1. The third kappa shape index (κ3) is 4.19. The van der Waals surface area contributed by atoms with E-state index >= 15 is 0 Å². The van der Waals surface area contributed by atoms with E-state index in [0.29, 0.717) is 5.56 Å². The molecule has 27 heavy (non-hydrogen) atoms. The summed E-state index contributed by atoms with van der Waals surface area (Å²) in [5.41, 5.74) is 10.2. The molecule has 5 nitrogen and oxygen atoms in total. The number of nitrogens with two attached hydrogens (primary N) is 1. The first kappa shape index (κ1) is 19.5. The van der Waals surface area contributed by atoms with Gasteiger partial charge in [-0.1, -0.05) is 31.9 Å². The van der Waals surface area contributed by atoms with Crippen LogP contribution in [0.3, 0.4) is 0 Å². The Morgan fingerprint density at radius 3 is 2.56 bits per heavy atom. The largest absolute Gasteiger partial charge is 0.508 e. The minimum Gasteiger partial charge on any atom is -0.508 e. The molecule has 0 spiro atoms. The Hall–Kier alpha value is -2.27. The van der Waals surface area contributed by atoms with Crippen LogP contribution in [-0.2, 0) is 13.0 Å². The van der Waals surface area contributed by atoms with E-state index in [9.17, 15) is 9.90 Å². The molecule has 1 aliphatic heterocycles. The van der Waals surface area contributed by atoms with Crippen molar-refractivity contribution in [3.63, 3.8) is 0 Å². The number of aromatic hydroxyl groups is 1. The number of carbonyl (C=O) groups is 1. The van der Waals surface area contributed by atoms with E-state index < -0.39 is 5.91 Å². The molecule has 0 radical (unpaired) electrons. The maximum Gasteiger partial charge on any atom is 0.251 e. The average molecular weight is 370 g/mol. The SMILES string of the molecule is CCCc1c(-c2cccc(O)c2)c(C(N)=O)c(C)n1CCN1CCCCC1. The molecule has 0 bridgehead atoms. The molecule has 0 atom stereocenters. The molecule has 1 amide bonds. The Morgan fingerprint density at radius 1 is 1.19 bits per heavy atom. The second kappa shape index (κ2) is 8.61. The molecule has 1 saturated heterocycles. The highest BCUT2D eigenvalue weighted by molar-refractivity contribution is 6.02. The molecule has 1 fully saturated rings. The van der Waals surface area contributed by atoms with Crippen LogP contribution in [-0.4, -0.2) is 40.1 Å². The molecule has 146 valence electrons. The highest BCUT2D eigenvalue weighted by atomic mass is 16.3. The molecular formula is C22H31N3O2. The quantitative estimate of drug-likeness (QED) is 0.781. The van der Waals surface area contributed by atoms with Gasteiger partial charge in [-0.3, -0.25) is 4.79 Å². The van der Waals surface area contributed by atoms with Gasteiger partial charge in [-0.25, -0.2) is 0 Å². The molecule has 0 saturated carbocycles. The Labute approximate surface area is 161 Å². The zero-order valence-corrected chi connectivity index (χ0v) is 16.5. The number of amides is 1. The topological polar surface area (TPSA) is 71.5 Å². The lowest BCUT2D eigenvalue weighted by molar-refractivity contribution is 0.1000. The number of primary amides is 1. The van der Waals surface area contributed by atoms with Crippen molar-refractivity contribution in [2.24, 2.45) is 5.73 Å². The maximum absolute atomic E-state index is 12.3. The fourth-order valence-electron chi connectivity index (χ4n) is 4.30. The molecule has 2 aromatic rings. The Morgan fingerprint density at radius 2 is 1.93 bits per heavy atom. The van der Waals surface area contributed by atoms with Gasteiger partial charge in [0.25, 0.3) is 5.91 Å². The van der Waals surface area contributed by atoms with E-state index in [-0.39, 0.29) is 5.75 Å². The first-order valence-corrected chi connectivity index (χ1v) is 10.1. The van der Waals surface area contributed by atoms with Crippen molar-refractivity contribution < 1.29 is 9.90 Å². The van der Waals surface area contributed by atoms with E-state index in [4.69, 9.17) is 5.73 Å². The number of hydrogen-bond acceptors (Lipinski definition) is 3. The van der Waals surface area contributed by atoms with Gasteiger partial charge in [0.2, 0.25) is 0 Å². The minimum atomic E-state index is -0.403.